The van der Waals surface area contributed by atoms with Gasteiger partial charge in [0.2, 0.25) is 0 Å². The summed E-state index contributed by atoms with van der Waals surface area (Å²) in [5.74, 6) is -0.303. The zero-order chi connectivity index (χ0) is 16.7. The molecule has 0 radical (unpaired) electrons. The molecular weight excluding hydrogens is 292 g/mol. The molecule has 0 saturated heterocycles. The molecule has 0 unspecified atom stereocenters. The highest BCUT2D eigenvalue weighted by atomic mass is 16.5. The number of anilines is 2. The summed E-state index contributed by atoms with van der Waals surface area (Å²) in [4.78, 5) is 11.9. The maximum Gasteiger partial charge on any atom is 0.271 e. The van der Waals surface area contributed by atoms with E-state index < -0.39 is 0 Å². The number of nitrogen functional groups attached to an aromatic ring is 2. The number of ether oxygens (including phenoxy) is 1. The van der Waals surface area contributed by atoms with E-state index in [0.717, 1.165) is 11.1 Å². The lowest BCUT2D eigenvalue weighted by Gasteiger charge is -2.07. The van der Waals surface area contributed by atoms with Gasteiger partial charge in [-0.3, -0.25) is 4.79 Å². The molecule has 0 aliphatic carbocycles. The third kappa shape index (κ3) is 4.82. The number of hydrazone groups is 1. The largest absolute Gasteiger partial charge is 0.399 e. The molecule has 6 nitrogen and oxygen atoms in total. The fourth-order valence-corrected chi connectivity index (χ4v) is 1.95. The van der Waals surface area contributed by atoms with Crippen LogP contribution in [0.5, 0.6) is 0 Å². The maximum absolute atomic E-state index is 11.9. The fourth-order valence-electron chi connectivity index (χ4n) is 1.95. The Bertz CT molecular complexity index is 696. The van der Waals surface area contributed by atoms with Crippen molar-refractivity contribution in [3.8, 4) is 0 Å². The Morgan fingerprint density at radius 2 is 1.87 bits per heavy atom. The van der Waals surface area contributed by atoms with E-state index in [1.165, 1.54) is 0 Å². The van der Waals surface area contributed by atoms with Crippen molar-refractivity contribution in [3.05, 3.63) is 59.2 Å². The van der Waals surface area contributed by atoms with Gasteiger partial charge in [-0.25, -0.2) is 5.43 Å². The summed E-state index contributed by atoms with van der Waals surface area (Å²) in [6.45, 7) is 2.97. The van der Waals surface area contributed by atoms with Gasteiger partial charge in [0.15, 0.2) is 0 Å². The number of carbonyl (C=O) groups excluding carboxylic acids is 1. The minimum Gasteiger partial charge on any atom is -0.399 e. The first-order valence-electron chi connectivity index (χ1n) is 7.25. The van der Waals surface area contributed by atoms with Gasteiger partial charge in [0.1, 0.15) is 0 Å². The minimum absolute atomic E-state index is 0.303. The highest BCUT2D eigenvalue weighted by Crippen LogP contribution is 2.13. The van der Waals surface area contributed by atoms with Crippen molar-refractivity contribution < 1.29 is 9.53 Å². The smallest absolute Gasteiger partial charge is 0.271 e. The topological polar surface area (TPSA) is 103 Å². The molecule has 23 heavy (non-hydrogen) atoms. The molecule has 6 heteroatoms. The van der Waals surface area contributed by atoms with Crippen LogP contribution in [0.2, 0.25) is 0 Å². The quantitative estimate of drug-likeness (QED) is 0.432. The van der Waals surface area contributed by atoms with E-state index in [0.29, 0.717) is 30.2 Å². The Balaban J connectivity index is 2.05. The van der Waals surface area contributed by atoms with E-state index in [4.69, 9.17) is 16.2 Å². The van der Waals surface area contributed by atoms with Crippen molar-refractivity contribution in [1.29, 1.82) is 0 Å². The van der Waals surface area contributed by atoms with Crippen LogP contribution in [-0.4, -0.2) is 18.7 Å². The van der Waals surface area contributed by atoms with Crippen molar-refractivity contribution in [2.24, 2.45) is 5.10 Å². The molecule has 0 aliphatic rings. The molecular formula is C17H20N4O2. The Morgan fingerprint density at radius 3 is 2.57 bits per heavy atom. The van der Waals surface area contributed by atoms with Crippen LogP contribution in [0.1, 0.15) is 28.4 Å². The van der Waals surface area contributed by atoms with Gasteiger partial charge in [0, 0.05) is 29.1 Å². The van der Waals surface area contributed by atoms with E-state index in [1.54, 1.807) is 36.5 Å². The van der Waals surface area contributed by atoms with Crippen LogP contribution in [0.15, 0.2) is 47.6 Å². The van der Waals surface area contributed by atoms with Gasteiger partial charge < -0.3 is 16.2 Å². The Labute approximate surface area is 135 Å². The first-order valence-corrected chi connectivity index (χ1v) is 7.25. The van der Waals surface area contributed by atoms with E-state index in [2.05, 4.69) is 10.5 Å². The molecule has 0 saturated carbocycles. The molecule has 2 rings (SSSR count). The van der Waals surface area contributed by atoms with Crippen LogP contribution in [0.3, 0.4) is 0 Å². The van der Waals surface area contributed by atoms with Gasteiger partial charge in [0.05, 0.1) is 12.8 Å². The number of benzene rings is 2. The normalized spacial score (nSPS) is 10.8. The molecule has 1 amide bonds. The Morgan fingerprint density at radius 1 is 1.17 bits per heavy atom. The number of nitrogens with two attached hydrogens (primary N) is 2. The van der Waals surface area contributed by atoms with Crippen molar-refractivity contribution in [2.45, 2.75) is 13.5 Å². The lowest BCUT2D eigenvalue weighted by molar-refractivity contribution is 0.0955. The van der Waals surface area contributed by atoms with Crippen LogP contribution in [0, 0.1) is 0 Å². The van der Waals surface area contributed by atoms with Gasteiger partial charge in [-0.15, -0.1) is 0 Å². The van der Waals surface area contributed by atoms with Gasteiger partial charge in [-0.1, -0.05) is 6.07 Å². The van der Waals surface area contributed by atoms with Crippen LogP contribution in [0.25, 0.3) is 0 Å². The summed E-state index contributed by atoms with van der Waals surface area (Å²) in [6.07, 6.45) is 1.57. The van der Waals surface area contributed by atoms with Crippen molar-refractivity contribution in [1.82, 2.24) is 5.43 Å². The Hall–Kier alpha value is -2.86. The molecule has 0 atom stereocenters. The van der Waals surface area contributed by atoms with Gasteiger partial charge in [0.25, 0.3) is 5.91 Å². The third-order valence-corrected chi connectivity index (χ3v) is 3.17. The van der Waals surface area contributed by atoms with E-state index >= 15 is 0 Å². The zero-order valence-electron chi connectivity index (χ0n) is 13.0. The van der Waals surface area contributed by atoms with Crippen molar-refractivity contribution in [3.63, 3.8) is 0 Å². The van der Waals surface area contributed by atoms with Crippen LogP contribution < -0.4 is 16.9 Å². The number of carbonyl (C=O) groups is 1. The SMILES string of the molecule is CCOCc1cc(N)ccc1/C=N/NC(=O)c1ccc(N)cc1. The third-order valence-electron chi connectivity index (χ3n) is 3.17. The summed E-state index contributed by atoms with van der Waals surface area (Å²) < 4.78 is 5.41. The number of nitrogens with one attached hydrogen (secondary N) is 1. The van der Waals surface area contributed by atoms with Crippen molar-refractivity contribution in [2.75, 3.05) is 18.1 Å². The number of rotatable bonds is 6. The molecule has 0 aliphatic heterocycles. The van der Waals surface area contributed by atoms with Gasteiger partial charge in [-0.2, -0.15) is 5.10 Å². The average molecular weight is 312 g/mol. The number of amides is 1. The summed E-state index contributed by atoms with van der Waals surface area (Å²) >= 11 is 0. The first-order chi connectivity index (χ1) is 11.1. The number of nitrogens with zero attached hydrogens (tertiary/aromatic N) is 1. The molecule has 0 bridgehead atoms. The van der Waals surface area contributed by atoms with E-state index in [9.17, 15) is 4.79 Å². The summed E-state index contributed by atoms with van der Waals surface area (Å²) in [5.41, 5.74) is 17.4. The standard InChI is InChI=1S/C17H20N4O2/c1-2-23-11-14-9-16(19)8-5-13(14)10-20-21-17(22)12-3-6-15(18)7-4-12/h3-10H,2,11,18-19H2,1H3,(H,21,22)/b20-10+. The van der Waals surface area contributed by atoms with Gasteiger partial charge >= 0.3 is 0 Å². The van der Waals surface area contributed by atoms with Gasteiger partial charge in [-0.05, 0) is 48.9 Å². The molecule has 0 spiro atoms. The van der Waals surface area contributed by atoms with Crippen LogP contribution >= 0.6 is 0 Å². The molecule has 0 aromatic heterocycles. The van der Waals surface area contributed by atoms with E-state index in [1.807, 2.05) is 19.1 Å². The summed E-state index contributed by atoms with van der Waals surface area (Å²) in [5, 5.41) is 3.99. The minimum atomic E-state index is -0.303. The Kier molecular flexibility index (Phi) is 5.71. The first kappa shape index (κ1) is 16.5. The monoisotopic (exact) mass is 312 g/mol. The molecule has 2 aromatic rings. The predicted octanol–water partition coefficient (Wildman–Crippen LogP) is 2.15. The predicted molar refractivity (Wildman–Crippen MR) is 92.1 cm³/mol. The van der Waals surface area contributed by atoms with Crippen molar-refractivity contribution >= 4 is 23.5 Å². The lowest BCUT2D eigenvalue weighted by Crippen LogP contribution is -2.17. The zero-order valence-corrected chi connectivity index (χ0v) is 13.0. The summed E-state index contributed by atoms with van der Waals surface area (Å²) in [7, 11) is 0. The molecule has 2 aromatic carbocycles. The second kappa shape index (κ2) is 7.95. The molecule has 5 N–H and O–H groups in total. The number of hydrogen-bond donors (Lipinski definition) is 3. The lowest BCUT2D eigenvalue weighted by atomic mass is 10.1. The van der Waals surface area contributed by atoms with Crippen LogP contribution in [0.4, 0.5) is 11.4 Å². The van der Waals surface area contributed by atoms with E-state index in [-0.39, 0.29) is 5.91 Å². The number of hydrogen-bond acceptors (Lipinski definition) is 5. The fraction of sp³-hybridized carbons (Fsp3) is 0.176. The molecule has 0 heterocycles. The highest BCUT2D eigenvalue weighted by molar-refractivity contribution is 5.95. The second-order valence-corrected chi connectivity index (χ2v) is 4.92. The molecule has 120 valence electrons. The maximum atomic E-state index is 11.9. The van der Waals surface area contributed by atoms with Crippen LogP contribution in [-0.2, 0) is 11.3 Å². The summed E-state index contributed by atoms with van der Waals surface area (Å²) in [6, 6.07) is 12.1. The average Bonchev–Trinajstić information content (AvgIpc) is 2.55. The molecule has 0 fully saturated rings. The highest BCUT2D eigenvalue weighted by Gasteiger charge is 2.04. The second-order valence-electron chi connectivity index (χ2n) is 4.92.